The van der Waals surface area contributed by atoms with E-state index in [1.807, 2.05) is 13.8 Å². The minimum atomic E-state index is -0.579. The topological polar surface area (TPSA) is 97.1 Å². The fourth-order valence-corrected chi connectivity index (χ4v) is 2.11. The number of rotatable bonds is 6. The second-order valence-electron chi connectivity index (χ2n) is 5.67. The summed E-state index contributed by atoms with van der Waals surface area (Å²) in [6.07, 6.45) is 4.02. The van der Waals surface area contributed by atoms with Crippen molar-refractivity contribution in [2.24, 2.45) is 11.7 Å². The smallest absolute Gasteiger partial charge is 0.255 e. The highest BCUT2D eigenvalue weighted by atomic mass is 35.5. The van der Waals surface area contributed by atoms with Crippen LogP contribution in [0.1, 0.15) is 30.6 Å². The van der Waals surface area contributed by atoms with E-state index in [0.29, 0.717) is 16.9 Å². The summed E-state index contributed by atoms with van der Waals surface area (Å²) in [4.78, 5) is 28.3. The van der Waals surface area contributed by atoms with E-state index < -0.39 is 6.04 Å². The van der Waals surface area contributed by atoms with Gasteiger partial charge in [0.2, 0.25) is 5.91 Å². The highest BCUT2D eigenvalue weighted by Gasteiger charge is 2.19. The fourth-order valence-electron chi connectivity index (χ4n) is 2.11. The Morgan fingerprint density at radius 1 is 1.08 bits per heavy atom. The average Bonchev–Trinajstić information content (AvgIpc) is 2.61. The van der Waals surface area contributed by atoms with Crippen molar-refractivity contribution in [3.63, 3.8) is 0 Å². The van der Waals surface area contributed by atoms with Crippen LogP contribution in [-0.4, -0.2) is 22.8 Å². The molecular weight excluding hydrogens is 375 g/mol. The number of carbonyl (C=O) groups is 2. The van der Waals surface area contributed by atoms with Gasteiger partial charge >= 0.3 is 0 Å². The molecular formula is C18H24Cl2N4O2. The first-order valence-electron chi connectivity index (χ1n) is 7.89. The molecule has 0 bridgehead atoms. The molecule has 0 fully saturated rings. The number of halogens is 2. The summed E-state index contributed by atoms with van der Waals surface area (Å²) < 4.78 is 0. The number of anilines is 2. The predicted octanol–water partition coefficient (Wildman–Crippen LogP) is 3.49. The van der Waals surface area contributed by atoms with Crippen LogP contribution in [0.3, 0.4) is 0 Å². The normalized spacial score (nSPS) is 12.0. The van der Waals surface area contributed by atoms with Gasteiger partial charge < -0.3 is 16.4 Å². The Balaban J connectivity index is 0.00000312. The molecule has 26 heavy (non-hydrogen) atoms. The van der Waals surface area contributed by atoms with Crippen LogP contribution in [0.2, 0.25) is 0 Å². The van der Waals surface area contributed by atoms with Crippen molar-refractivity contribution in [1.82, 2.24) is 4.98 Å². The SMILES string of the molecule is CCC(C)C(N)C(=O)Nc1cccc(C(=O)Nc2ccncc2)c1.Cl.Cl. The summed E-state index contributed by atoms with van der Waals surface area (Å²) >= 11 is 0. The standard InChI is InChI=1S/C18H22N4O2.2ClH/c1-3-12(2)16(19)18(24)22-15-6-4-5-13(11-15)17(23)21-14-7-9-20-10-8-14;;/h4-12,16H,3,19H2,1-2H3,(H,22,24)(H,20,21,23);2*1H. The maximum absolute atomic E-state index is 12.3. The third-order valence-electron chi connectivity index (χ3n) is 3.89. The molecule has 0 radical (unpaired) electrons. The highest BCUT2D eigenvalue weighted by Crippen LogP contribution is 2.15. The van der Waals surface area contributed by atoms with E-state index in [1.165, 1.54) is 0 Å². The maximum Gasteiger partial charge on any atom is 0.255 e. The molecule has 0 saturated heterocycles. The summed E-state index contributed by atoms with van der Waals surface area (Å²) in [5.74, 6) is -0.428. The van der Waals surface area contributed by atoms with Crippen LogP contribution in [0.4, 0.5) is 11.4 Å². The highest BCUT2D eigenvalue weighted by molar-refractivity contribution is 6.05. The van der Waals surface area contributed by atoms with Gasteiger partial charge in [-0.05, 0) is 36.2 Å². The number of aromatic nitrogens is 1. The number of nitrogens with two attached hydrogens (primary N) is 1. The lowest BCUT2D eigenvalue weighted by molar-refractivity contribution is -0.118. The van der Waals surface area contributed by atoms with E-state index in [4.69, 9.17) is 5.73 Å². The van der Waals surface area contributed by atoms with E-state index >= 15 is 0 Å². The molecule has 8 heteroatoms. The monoisotopic (exact) mass is 398 g/mol. The first kappa shape index (κ1) is 23.9. The lowest BCUT2D eigenvalue weighted by Gasteiger charge is -2.18. The summed E-state index contributed by atoms with van der Waals surface area (Å²) in [6, 6.07) is 9.57. The van der Waals surface area contributed by atoms with E-state index in [2.05, 4.69) is 15.6 Å². The number of nitrogens with one attached hydrogen (secondary N) is 2. The minimum absolute atomic E-state index is 0. The fraction of sp³-hybridized carbons (Fsp3) is 0.278. The van der Waals surface area contributed by atoms with Gasteiger partial charge in [-0.1, -0.05) is 26.3 Å². The molecule has 2 aromatic rings. The van der Waals surface area contributed by atoms with Gasteiger partial charge in [0.25, 0.3) is 5.91 Å². The molecule has 0 saturated carbocycles. The number of nitrogens with zero attached hydrogens (tertiary/aromatic N) is 1. The van der Waals surface area contributed by atoms with Crippen LogP contribution in [0.5, 0.6) is 0 Å². The number of pyridine rings is 1. The van der Waals surface area contributed by atoms with Crippen LogP contribution < -0.4 is 16.4 Å². The number of carbonyl (C=O) groups excluding carboxylic acids is 2. The molecule has 2 unspecified atom stereocenters. The summed E-state index contributed by atoms with van der Waals surface area (Å²) in [6.45, 7) is 3.92. The molecule has 1 aromatic carbocycles. The molecule has 0 aliphatic heterocycles. The molecule has 6 nitrogen and oxygen atoms in total. The van der Waals surface area contributed by atoms with E-state index in [0.717, 1.165) is 6.42 Å². The van der Waals surface area contributed by atoms with Gasteiger partial charge in [-0.25, -0.2) is 0 Å². The number of hydrogen-bond acceptors (Lipinski definition) is 4. The molecule has 0 aliphatic rings. The molecule has 1 heterocycles. The van der Waals surface area contributed by atoms with Gasteiger partial charge in [0.15, 0.2) is 0 Å². The van der Waals surface area contributed by atoms with Crippen molar-refractivity contribution < 1.29 is 9.59 Å². The Labute approximate surface area is 165 Å². The van der Waals surface area contributed by atoms with Crippen molar-refractivity contribution in [3.05, 3.63) is 54.4 Å². The van der Waals surface area contributed by atoms with E-state index in [9.17, 15) is 9.59 Å². The second kappa shape index (κ2) is 11.5. The Hall–Kier alpha value is -2.15. The molecule has 142 valence electrons. The zero-order valence-corrected chi connectivity index (χ0v) is 16.3. The lowest BCUT2D eigenvalue weighted by Crippen LogP contribution is -2.40. The van der Waals surface area contributed by atoms with Crippen molar-refractivity contribution in [1.29, 1.82) is 0 Å². The quantitative estimate of drug-likeness (QED) is 0.693. The van der Waals surface area contributed by atoms with Crippen LogP contribution in [-0.2, 0) is 4.79 Å². The average molecular weight is 399 g/mol. The van der Waals surface area contributed by atoms with E-state index in [1.54, 1.807) is 48.8 Å². The molecule has 2 amide bonds. The zero-order chi connectivity index (χ0) is 17.5. The second-order valence-corrected chi connectivity index (χ2v) is 5.67. The van der Waals surface area contributed by atoms with Gasteiger partial charge in [-0.3, -0.25) is 14.6 Å². The van der Waals surface area contributed by atoms with Crippen molar-refractivity contribution >= 4 is 48.0 Å². The van der Waals surface area contributed by atoms with Crippen LogP contribution in [0.15, 0.2) is 48.8 Å². The van der Waals surface area contributed by atoms with Crippen molar-refractivity contribution in [2.75, 3.05) is 10.6 Å². The number of benzene rings is 1. The molecule has 2 rings (SSSR count). The molecule has 1 aromatic heterocycles. The third kappa shape index (κ3) is 6.63. The largest absolute Gasteiger partial charge is 0.325 e. The zero-order valence-electron chi connectivity index (χ0n) is 14.6. The molecule has 2 atom stereocenters. The van der Waals surface area contributed by atoms with Crippen molar-refractivity contribution in [3.8, 4) is 0 Å². The first-order valence-corrected chi connectivity index (χ1v) is 7.89. The molecule has 0 aliphatic carbocycles. The summed E-state index contributed by atoms with van der Waals surface area (Å²) in [5.41, 5.74) is 7.57. The summed E-state index contributed by atoms with van der Waals surface area (Å²) in [7, 11) is 0. The van der Waals surface area contributed by atoms with Crippen LogP contribution in [0, 0.1) is 5.92 Å². The van der Waals surface area contributed by atoms with Gasteiger partial charge in [-0.2, -0.15) is 0 Å². The van der Waals surface area contributed by atoms with Gasteiger partial charge in [0, 0.05) is 29.3 Å². The Morgan fingerprint density at radius 3 is 2.35 bits per heavy atom. The number of amides is 2. The Morgan fingerprint density at radius 2 is 1.73 bits per heavy atom. The maximum atomic E-state index is 12.3. The van der Waals surface area contributed by atoms with Gasteiger partial charge in [0.1, 0.15) is 0 Å². The lowest BCUT2D eigenvalue weighted by atomic mass is 9.99. The first-order chi connectivity index (χ1) is 11.5. The summed E-state index contributed by atoms with van der Waals surface area (Å²) in [5, 5.41) is 5.53. The predicted molar refractivity (Wildman–Crippen MR) is 109 cm³/mol. The van der Waals surface area contributed by atoms with Crippen molar-refractivity contribution in [2.45, 2.75) is 26.3 Å². The molecule has 0 spiro atoms. The van der Waals surface area contributed by atoms with Gasteiger partial charge in [-0.15, -0.1) is 24.8 Å². The van der Waals surface area contributed by atoms with Crippen LogP contribution in [0.25, 0.3) is 0 Å². The third-order valence-corrected chi connectivity index (χ3v) is 3.89. The Kier molecular flexibility index (Phi) is 10.5. The van der Waals surface area contributed by atoms with E-state index in [-0.39, 0.29) is 42.5 Å². The van der Waals surface area contributed by atoms with Gasteiger partial charge in [0.05, 0.1) is 6.04 Å². The van der Waals surface area contributed by atoms with Crippen LogP contribution >= 0.6 is 24.8 Å². The minimum Gasteiger partial charge on any atom is -0.325 e. The number of hydrogen-bond donors (Lipinski definition) is 3. The Bertz CT molecular complexity index is 713. The molecule has 4 N–H and O–H groups in total.